The van der Waals surface area contributed by atoms with E-state index in [4.69, 9.17) is 14.2 Å². The van der Waals surface area contributed by atoms with Crippen LogP contribution in [0, 0.1) is 0 Å². The van der Waals surface area contributed by atoms with E-state index in [1.807, 2.05) is 29.6 Å². The van der Waals surface area contributed by atoms with Crippen LogP contribution in [0.15, 0.2) is 41.8 Å². The third kappa shape index (κ3) is 4.77. The van der Waals surface area contributed by atoms with Crippen molar-refractivity contribution in [2.45, 2.75) is 12.8 Å². The summed E-state index contributed by atoms with van der Waals surface area (Å²) in [5.41, 5.74) is 3.23. The number of aryl methyl sites for hydroxylation is 1. The zero-order valence-electron chi connectivity index (χ0n) is 17.1. The minimum Gasteiger partial charge on any atom is -0.497 e. The third-order valence-corrected chi connectivity index (χ3v) is 5.53. The molecule has 0 unspecified atom stereocenters. The van der Waals surface area contributed by atoms with Crippen molar-refractivity contribution in [2.75, 3.05) is 31.5 Å². The van der Waals surface area contributed by atoms with Crippen LogP contribution in [0.2, 0.25) is 0 Å². The Labute approximate surface area is 183 Å². The first-order valence-corrected chi connectivity index (χ1v) is 10.5. The van der Waals surface area contributed by atoms with Gasteiger partial charge in [-0.05, 0) is 48.4 Å². The van der Waals surface area contributed by atoms with Gasteiger partial charge in [0.25, 0.3) is 5.91 Å². The summed E-state index contributed by atoms with van der Waals surface area (Å²) in [7, 11) is 3.18. The molecule has 3 aromatic rings. The number of ether oxygens (including phenoxy) is 3. The molecule has 0 fully saturated rings. The molecule has 9 heteroatoms. The van der Waals surface area contributed by atoms with Gasteiger partial charge in [-0.2, -0.15) is 0 Å². The molecule has 31 heavy (non-hydrogen) atoms. The largest absolute Gasteiger partial charge is 0.497 e. The van der Waals surface area contributed by atoms with Crippen LogP contribution in [0.25, 0.3) is 11.3 Å². The Hall–Kier alpha value is -3.59. The fourth-order valence-corrected chi connectivity index (χ4v) is 3.95. The number of hydrogen-bond donors (Lipinski definition) is 2. The molecular weight excluding hydrogens is 418 g/mol. The molecule has 1 aromatic heterocycles. The molecule has 1 aliphatic rings. The minimum absolute atomic E-state index is 0.00919. The minimum atomic E-state index is -0.315. The second kappa shape index (κ2) is 9.05. The normalized spacial score (nSPS) is 12.5. The highest BCUT2D eigenvalue weighted by molar-refractivity contribution is 7.14. The Balaban J connectivity index is 1.38. The van der Waals surface area contributed by atoms with Gasteiger partial charge in [0.05, 0.1) is 19.9 Å². The Kier molecular flexibility index (Phi) is 6.03. The average Bonchev–Trinajstić information content (AvgIpc) is 3.25. The molecule has 0 radical (unpaired) electrons. The molecule has 0 atom stereocenters. The quantitative estimate of drug-likeness (QED) is 0.582. The smallest absolute Gasteiger partial charge is 0.264 e. The maximum atomic E-state index is 12.3. The number of carbonyl (C=O) groups is 2. The summed E-state index contributed by atoms with van der Waals surface area (Å²) < 4.78 is 16.3. The first kappa shape index (κ1) is 20.7. The molecule has 0 spiro atoms. The molecule has 2 heterocycles. The molecular formula is C22H21N3O5S. The lowest BCUT2D eigenvalue weighted by Gasteiger charge is -2.17. The van der Waals surface area contributed by atoms with E-state index in [0.717, 1.165) is 16.8 Å². The fraction of sp³-hybridized carbons (Fsp3) is 0.227. The van der Waals surface area contributed by atoms with Gasteiger partial charge in [0.2, 0.25) is 5.91 Å². The number of hydrogen-bond acceptors (Lipinski definition) is 7. The highest BCUT2D eigenvalue weighted by Crippen LogP contribution is 2.35. The summed E-state index contributed by atoms with van der Waals surface area (Å²) in [4.78, 5) is 28.2. The number of amides is 2. The highest BCUT2D eigenvalue weighted by atomic mass is 32.1. The number of carbonyl (C=O) groups excluding carboxylic acids is 2. The maximum Gasteiger partial charge on any atom is 0.264 e. The van der Waals surface area contributed by atoms with Crippen molar-refractivity contribution < 1.29 is 23.8 Å². The second-order valence-corrected chi connectivity index (χ2v) is 7.67. The molecule has 2 N–H and O–H groups in total. The van der Waals surface area contributed by atoms with E-state index >= 15 is 0 Å². The topological polar surface area (TPSA) is 98.8 Å². The summed E-state index contributed by atoms with van der Waals surface area (Å²) in [5, 5.41) is 7.87. The maximum absolute atomic E-state index is 12.3. The van der Waals surface area contributed by atoms with Gasteiger partial charge in [0.1, 0.15) is 17.2 Å². The lowest BCUT2D eigenvalue weighted by molar-refractivity contribution is -0.118. The Morgan fingerprint density at radius 1 is 1.13 bits per heavy atom. The molecule has 0 aliphatic carbocycles. The lowest BCUT2D eigenvalue weighted by atomic mass is 10.0. The summed E-state index contributed by atoms with van der Waals surface area (Å²) >= 11 is 1.31. The Morgan fingerprint density at radius 3 is 2.77 bits per heavy atom. The van der Waals surface area contributed by atoms with E-state index in [1.54, 1.807) is 26.4 Å². The molecule has 0 saturated heterocycles. The van der Waals surface area contributed by atoms with Gasteiger partial charge in [-0.25, -0.2) is 4.98 Å². The van der Waals surface area contributed by atoms with Gasteiger partial charge in [0, 0.05) is 23.1 Å². The first-order chi connectivity index (χ1) is 15.1. The van der Waals surface area contributed by atoms with Crippen LogP contribution < -0.4 is 24.8 Å². The van der Waals surface area contributed by atoms with Crippen molar-refractivity contribution in [3.8, 4) is 28.5 Å². The number of aromatic nitrogens is 1. The monoisotopic (exact) mass is 439 g/mol. The SMILES string of the molecule is COc1ccc(OC)c(-c2csc(NC(=O)COc3ccc4c(c3)CCC(=O)N4)n2)c1. The van der Waals surface area contributed by atoms with Crippen LogP contribution in [0.5, 0.6) is 17.2 Å². The van der Waals surface area contributed by atoms with Crippen LogP contribution >= 0.6 is 11.3 Å². The number of fused-ring (bicyclic) bond motifs is 1. The lowest BCUT2D eigenvalue weighted by Crippen LogP contribution is -2.21. The number of nitrogens with one attached hydrogen (secondary N) is 2. The summed E-state index contributed by atoms with van der Waals surface area (Å²) in [6, 6.07) is 10.8. The van der Waals surface area contributed by atoms with E-state index in [9.17, 15) is 9.59 Å². The molecule has 4 rings (SSSR count). The van der Waals surface area contributed by atoms with E-state index in [1.165, 1.54) is 11.3 Å². The second-order valence-electron chi connectivity index (χ2n) is 6.81. The number of methoxy groups -OCH3 is 2. The molecule has 0 bridgehead atoms. The van der Waals surface area contributed by atoms with Crippen molar-refractivity contribution >= 4 is 34.0 Å². The van der Waals surface area contributed by atoms with Crippen molar-refractivity contribution in [2.24, 2.45) is 0 Å². The van der Waals surface area contributed by atoms with E-state index in [-0.39, 0.29) is 18.4 Å². The molecule has 8 nitrogen and oxygen atoms in total. The molecule has 2 aromatic carbocycles. The standard InChI is InChI=1S/C22H21N3O5S/c1-28-14-5-7-19(29-2)16(10-14)18-12-31-22(24-18)25-21(27)11-30-15-4-6-17-13(9-15)3-8-20(26)23-17/h4-7,9-10,12H,3,8,11H2,1-2H3,(H,23,26)(H,24,25,27). The van der Waals surface area contributed by atoms with Crippen LogP contribution in [0.3, 0.4) is 0 Å². The summed E-state index contributed by atoms with van der Waals surface area (Å²) in [6.07, 6.45) is 1.10. The number of benzene rings is 2. The van der Waals surface area contributed by atoms with Gasteiger partial charge < -0.3 is 19.5 Å². The predicted octanol–water partition coefficient (Wildman–Crippen LogP) is 3.73. The Bertz CT molecular complexity index is 1130. The highest BCUT2D eigenvalue weighted by Gasteiger charge is 2.16. The van der Waals surface area contributed by atoms with Gasteiger partial charge in [-0.15, -0.1) is 11.3 Å². The van der Waals surface area contributed by atoms with Crippen LogP contribution in [0.4, 0.5) is 10.8 Å². The van der Waals surface area contributed by atoms with Crippen molar-refractivity contribution in [1.82, 2.24) is 4.98 Å². The van der Waals surface area contributed by atoms with Gasteiger partial charge in [0.15, 0.2) is 11.7 Å². The van der Waals surface area contributed by atoms with Crippen molar-refractivity contribution in [3.63, 3.8) is 0 Å². The van der Waals surface area contributed by atoms with Crippen LogP contribution in [-0.4, -0.2) is 37.6 Å². The van der Waals surface area contributed by atoms with Crippen molar-refractivity contribution in [1.29, 1.82) is 0 Å². The average molecular weight is 439 g/mol. The number of thiazole rings is 1. The zero-order chi connectivity index (χ0) is 21.8. The number of rotatable bonds is 7. The molecule has 160 valence electrons. The van der Waals surface area contributed by atoms with Crippen molar-refractivity contribution in [3.05, 3.63) is 47.3 Å². The van der Waals surface area contributed by atoms with Crippen LogP contribution in [-0.2, 0) is 16.0 Å². The van der Waals surface area contributed by atoms with Gasteiger partial charge in [-0.1, -0.05) is 0 Å². The predicted molar refractivity (Wildman–Crippen MR) is 118 cm³/mol. The molecule has 2 amide bonds. The summed E-state index contributed by atoms with van der Waals surface area (Å²) in [5.74, 6) is 1.62. The number of anilines is 2. The fourth-order valence-electron chi connectivity index (χ4n) is 3.22. The first-order valence-electron chi connectivity index (χ1n) is 9.59. The Morgan fingerprint density at radius 2 is 1.97 bits per heavy atom. The molecule has 0 saturated carbocycles. The zero-order valence-corrected chi connectivity index (χ0v) is 17.9. The molecule has 1 aliphatic heterocycles. The van der Waals surface area contributed by atoms with Gasteiger partial charge >= 0.3 is 0 Å². The van der Waals surface area contributed by atoms with E-state index in [0.29, 0.717) is 40.9 Å². The van der Waals surface area contributed by atoms with E-state index in [2.05, 4.69) is 15.6 Å². The summed E-state index contributed by atoms with van der Waals surface area (Å²) in [6.45, 7) is -0.150. The number of nitrogens with zero attached hydrogens (tertiary/aromatic N) is 1. The van der Waals surface area contributed by atoms with Gasteiger partial charge in [-0.3, -0.25) is 14.9 Å². The van der Waals surface area contributed by atoms with Crippen LogP contribution in [0.1, 0.15) is 12.0 Å². The third-order valence-electron chi connectivity index (χ3n) is 4.78. The van der Waals surface area contributed by atoms with E-state index < -0.39 is 0 Å².